The Hall–Kier alpha value is -2.49. The van der Waals surface area contributed by atoms with E-state index in [-0.39, 0.29) is 16.7 Å². The van der Waals surface area contributed by atoms with Crippen LogP contribution in [0.15, 0.2) is 52.1 Å². The van der Waals surface area contributed by atoms with Gasteiger partial charge in [0.1, 0.15) is 4.21 Å². The molecule has 0 aliphatic carbocycles. The highest BCUT2D eigenvalue weighted by Crippen LogP contribution is 2.21. The highest BCUT2D eigenvalue weighted by molar-refractivity contribution is 7.91. The summed E-state index contributed by atoms with van der Waals surface area (Å²) in [7, 11) is -0.563. The van der Waals surface area contributed by atoms with Gasteiger partial charge in [0.25, 0.3) is 10.0 Å². The van der Waals surface area contributed by atoms with E-state index < -0.39 is 10.0 Å². The van der Waals surface area contributed by atoms with Crippen molar-refractivity contribution in [3.8, 4) is 5.69 Å². The first-order chi connectivity index (χ1) is 13.7. The Balaban J connectivity index is 1.73. The SMILES string of the molecule is Cc1nn(-c2ccccc2)c(C)c1CN(C)C(=O)CN(C)S(=O)(=O)c1cccs1. The first kappa shape index (κ1) is 21.2. The number of para-hydroxylation sites is 1. The number of carbonyl (C=O) groups is 1. The lowest BCUT2D eigenvalue weighted by Crippen LogP contribution is -2.39. The summed E-state index contributed by atoms with van der Waals surface area (Å²) in [5.74, 6) is -0.279. The zero-order chi connectivity index (χ0) is 21.2. The van der Waals surface area contributed by atoms with Gasteiger partial charge in [0, 0.05) is 31.9 Å². The van der Waals surface area contributed by atoms with Gasteiger partial charge in [-0.3, -0.25) is 4.79 Å². The number of nitrogens with zero attached hydrogens (tertiary/aromatic N) is 4. The molecule has 7 nitrogen and oxygen atoms in total. The fourth-order valence-electron chi connectivity index (χ4n) is 3.01. The third kappa shape index (κ3) is 4.42. The van der Waals surface area contributed by atoms with Crippen LogP contribution < -0.4 is 0 Å². The van der Waals surface area contributed by atoms with Crippen molar-refractivity contribution in [1.29, 1.82) is 0 Å². The number of benzene rings is 1. The number of aromatic nitrogens is 2. The third-order valence-electron chi connectivity index (χ3n) is 4.78. The van der Waals surface area contributed by atoms with Crippen LogP contribution in [0.3, 0.4) is 0 Å². The number of hydrogen-bond donors (Lipinski definition) is 0. The molecule has 0 N–H and O–H groups in total. The molecular formula is C20H24N4O3S2. The minimum Gasteiger partial charge on any atom is -0.340 e. The Kier molecular flexibility index (Phi) is 6.21. The maximum Gasteiger partial charge on any atom is 0.252 e. The van der Waals surface area contributed by atoms with Gasteiger partial charge in [-0.25, -0.2) is 13.1 Å². The zero-order valence-electron chi connectivity index (χ0n) is 16.9. The molecule has 3 aromatic rings. The van der Waals surface area contributed by atoms with Crippen molar-refractivity contribution in [3.05, 3.63) is 64.8 Å². The molecule has 0 aliphatic rings. The summed E-state index contributed by atoms with van der Waals surface area (Å²) in [6, 6.07) is 13.0. The molecule has 0 atom stereocenters. The fraction of sp³-hybridized carbons (Fsp3) is 0.300. The van der Waals surface area contributed by atoms with Crippen molar-refractivity contribution in [3.63, 3.8) is 0 Å². The minimum absolute atomic E-state index is 0.221. The molecule has 2 aromatic heterocycles. The Labute approximate surface area is 175 Å². The van der Waals surface area contributed by atoms with E-state index in [2.05, 4.69) is 5.10 Å². The molecule has 0 saturated carbocycles. The summed E-state index contributed by atoms with van der Waals surface area (Å²) < 4.78 is 28.2. The largest absolute Gasteiger partial charge is 0.340 e. The van der Waals surface area contributed by atoms with Crippen LogP contribution in [0.4, 0.5) is 0 Å². The van der Waals surface area contributed by atoms with Crippen LogP contribution in [-0.4, -0.2) is 54.0 Å². The molecule has 1 aromatic carbocycles. The Morgan fingerprint density at radius 2 is 1.79 bits per heavy atom. The van der Waals surface area contributed by atoms with Crippen molar-refractivity contribution in [2.75, 3.05) is 20.6 Å². The Morgan fingerprint density at radius 3 is 2.41 bits per heavy atom. The normalized spacial score (nSPS) is 11.8. The lowest BCUT2D eigenvalue weighted by molar-refractivity contribution is -0.130. The Bertz CT molecular complexity index is 1090. The summed E-state index contributed by atoms with van der Waals surface area (Å²) in [6.07, 6.45) is 0. The number of sulfonamides is 1. The highest BCUT2D eigenvalue weighted by Gasteiger charge is 2.25. The van der Waals surface area contributed by atoms with E-state index in [0.717, 1.165) is 38.3 Å². The van der Waals surface area contributed by atoms with Crippen LogP contribution in [0.1, 0.15) is 17.0 Å². The first-order valence-electron chi connectivity index (χ1n) is 9.06. The zero-order valence-corrected chi connectivity index (χ0v) is 18.5. The van der Waals surface area contributed by atoms with Crippen molar-refractivity contribution in [2.45, 2.75) is 24.6 Å². The van der Waals surface area contributed by atoms with Gasteiger partial charge in [-0.2, -0.15) is 9.40 Å². The van der Waals surface area contributed by atoms with Crippen molar-refractivity contribution in [1.82, 2.24) is 19.0 Å². The van der Waals surface area contributed by atoms with Crippen molar-refractivity contribution in [2.24, 2.45) is 0 Å². The van der Waals surface area contributed by atoms with Crippen LogP contribution in [0, 0.1) is 13.8 Å². The lowest BCUT2D eigenvalue weighted by Gasteiger charge is -2.21. The molecule has 0 radical (unpaired) electrons. The number of amides is 1. The van der Waals surface area contributed by atoms with E-state index in [1.807, 2.05) is 48.9 Å². The van der Waals surface area contributed by atoms with Crippen molar-refractivity contribution >= 4 is 27.3 Å². The highest BCUT2D eigenvalue weighted by atomic mass is 32.2. The molecule has 0 fully saturated rings. The summed E-state index contributed by atoms with van der Waals surface area (Å²) in [4.78, 5) is 14.2. The van der Waals surface area contributed by atoms with Gasteiger partial charge >= 0.3 is 0 Å². The number of hydrogen-bond acceptors (Lipinski definition) is 5. The Morgan fingerprint density at radius 1 is 1.10 bits per heavy atom. The average molecular weight is 433 g/mol. The van der Waals surface area contributed by atoms with Gasteiger partial charge < -0.3 is 4.90 Å². The third-order valence-corrected chi connectivity index (χ3v) is 7.96. The van der Waals surface area contributed by atoms with E-state index in [1.165, 1.54) is 18.0 Å². The number of likely N-dealkylation sites (N-methyl/N-ethyl adjacent to an activating group) is 2. The van der Waals surface area contributed by atoms with Gasteiger partial charge in [0.05, 0.1) is 17.9 Å². The molecule has 154 valence electrons. The first-order valence-corrected chi connectivity index (χ1v) is 11.4. The fourth-order valence-corrected chi connectivity index (χ4v) is 5.33. The van der Waals surface area contributed by atoms with Gasteiger partial charge in [0.15, 0.2) is 0 Å². The molecule has 2 heterocycles. The maximum atomic E-state index is 12.7. The summed E-state index contributed by atoms with van der Waals surface area (Å²) in [5.41, 5.74) is 3.70. The topological polar surface area (TPSA) is 75.5 Å². The summed E-state index contributed by atoms with van der Waals surface area (Å²) >= 11 is 1.14. The second kappa shape index (κ2) is 8.48. The molecule has 0 unspecified atom stereocenters. The van der Waals surface area contributed by atoms with Crippen molar-refractivity contribution < 1.29 is 13.2 Å². The van der Waals surface area contributed by atoms with Gasteiger partial charge in [-0.15, -0.1) is 11.3 Å². The quantitative estimate of drug-likeness (QED) is 0.575. The van der Waals surface area contributed by atoms with Crippen LogP contribution in [-0.2, 0) is 21.4 Å². The number of carbonyl (C=O) groups excluding carboxylic acids is 1. The predicted octanol–water partition coefficient (Wildman–Crippen LogP) is 2.83. The number of rotatable bonds is 7. The van der Waals surface area contributed by atoms with Gasteiger partial charge in [-0.05, 0) is 37.4 Å². The molecule has 1 amide bonds. The van der Waals surface area contributed by atoms with E-state index >= 15 is 0 Å². The van der Waals surface area contributed by atoms with Gasteiger partial charge in [-0.1, -0.05) is 24.3 Å². The smallest absolute Gasteiger partial charge is 0.252 e. The van der Waals surface area contributed by atoms with Crippen LogP contribution >= 0.6 is 11.3 Å². The molecule has 0 spiro atoms. The monoisotopic (exact) mass is 432 g/mol. The number of aryl methyl sites for hydroxylation is 1. The van der Waals surface area contributed by atoms with E-state index in [0.29, 0.717) is 6.54 Å². The van der Waals surface area contributed by atoms with E-state index in [9.17, 15) is 13.2 Å². The second-order valence-corrected chi connectivity index (χ2v) is 10.1. The number of thiophene rings is 1. The van der Waals surface area contributed by atoms with Crippen LogP contribution in [0.25, 0.3) is 5.69 Å². The second-order valence-electron chi connectivity index (χ2n) is 6.84. The molecule has 0 aliphatic heterocycles. The van der Waals surface area contributed by atoms with E-state index in [1.54, 1.807) is 18.5 Å². The molecule has 0 bridgehead atoms. The standard InChI is InChI=1S/C20H24N4O3S2/c1-15-18(16(2)24(21-15)17-9-6-5-7-10-17)13-22(3)19(25)14-23(4)29(26,27)20-11-8-12-28-20/h5-12H,13-14H2,1-4H3. The average Bonchev–Trinajstić information content (AvgIpc) is 3.33. The summed E-state index contributed by atoms with van der Waals surface area (Å²) in [6.45, 7) is 4.01. The van der Waals surface area contributed by atoms with E-state index in [4.69, 9.17) is 0 Å². The summed E-state index contributed by atoms with van der Waals surface area (Å²) in [5, 5.41) is 6.30. The lowest BCUT2D eigenvalue weighted by atomic mass is 10.2. The van der Waals surface area contributed by atoms with Crippen LogP contribution in [0.5, 0.6) is 0 Å². The molecule has 9 heteroatoms. The molecular weight excluding hydrogens is 408 g/mol. The van der Waals surface area contributed by atoms with Crippen LogP contribution in [0.2, 0.25) is 0 Å². The predicted molar refractivity (Wildman–Crippen MR) is 114 cm³/mol. The molecule has 0 saturated heterocycles. The molecule has 3 rings (SSSR count). The minimum atomic E-state index is -3.66. The van der Waals surface area contributed by atoms with Gasteiger partial charge in [0.2, 0.25) is 5.91 Å². The molecule has 29 heavy (non-hydrogen) atoms. The maximum absolute atomic E-state index is 12.7.